The van der Waals surface area contributed by atoms with Crippen LogP contribution in [0.25, 0.3) is 0 Å². The Morgan fingerprint density at radius 3 is 2.40 bits per heavy atom. The molecule has 1 aromatic rings. The molecule has 82 valence electrons. The molecule has 0 bridgehead atoms. The number of benzene rings is 1. The van der Waals surface area contributed by atoms with Gasteiger partial charge in [-0.05, 0) is 19.4 Å². The minimum Gasteiger partial charge on any atom is -0.228 e. The quantitative estimate of drug-likeness (QED) is 0.737. The molecule has 0 heterocycles. The standard InChI is InChI=1S/C12H16O2S/c1-3-7-11(2)15(13,14)10-12-8-5-4-6-9-12/h3-9,11H,10H2,1-2H3/b7-3+. The van der Waals surface area contributed by atoms with Crippen molar-refractivity contribution in [2.45, 2.75) is 24.9 Å². The van der Waals surface area contributed by atoms with Gasteiger partial charge in [0.25, 0.3) is 0 Å². The number of hydrogen-bond donors (Lipinski definition) is 0. The molecule has 3 heteroatoms. The van der Waals surface area contributed by atoms with E-state index in [1.807, 2.05) is 37.3 Å². The topological polar surface area (TPSA) is 34.1 Å². The fourth-order valence-corrected chi connectivity index (χ4v) is 2.65. The molecule has 1 unspecified atom stereocenters. The van der Waals surface area contributed by atoms with Crippen LogP contribution < -0.4 is 0 Å². The summed E-state index contributed by atoms with van der Waals surface area (Å²) in [4.78, 5) is 0. The van der Waals surface area contributed by atoms with Crippen LogP contribution in [-0.2, 0) is 15.6 Å². The third kappa shape index (κ3) is 3.51. The Bertz CT molecular complexity index is 418. The Balaban J connectivity index is 2.82. The van der Waals surface area contributed by atoms with Gasteiger partial charge in [0, 0.05) is 0 Å². The van der Waals surface area contributed by atoms with Gasteiger partial charge in [-0.15, -0.1) is 0 Å². The molecule has 0 aliphatic carbocycles. The lowest BCUT2D eigenvalue weighted by Gasteiger charge is -2.08. The summed E-state index contributed by atoms with van der Waals surface area (Å²) in [6, 6.07) is 9.25. The first-order valence-electron chi connectivity index (χ1n) is 4.94. The van der Waals surface area contributed by atoms with Gasteiger partial charge in [0.2, 0.25) is 0 Å². The Morgan fingerprint density at radius 1 is 1.27 bits per heavy atom. The van der Waals surface area contributed by atoms with Crippen molar-refractivity contribution in [3.8, 4) is 0 Å². The zero-order chi connectivity index (χ0) is 11.3. The van der Waals surface area contributed by atoms with Crippen LogP contribution in [0.15, 0.2) is 42.5 Å². The van der Waals surface area contributed by atoms with E-state index in [9.17, 15) is 8.42 Å². The predicted molar refractivity (Wildman–Crippen MR) is 63.3 cm³/mol. The molecule has 2 nitrogen and oxygen atoms in total. The maximum absolute atomic E-state index is 11.8. The van der Waals surface area contributed by atoms with E-state index in [1.54, 1.807) is 19.1 Å². The average Bonchev–Trinajstić information content (AvgIpc) is 2.19. The van der Waals surface area contributed by atoms with E-state index < -0.39 is 15.1 Å². The summed E-state index contributed by atoms with van der Waals surface area (Å²) in [6.07, 6.45) is 3.48. The Labute approximate surface area is 91.6 Å². The summed E-state index contributed by atoms with van der Waals surface area (Å²) in [6.45, 7) is 3.53. The van der Waals surface area contributed by atoms with Crippen molar-refractivity contribution in [1.29, 1.82) is 0 Å². The van der Waals surface area contributed by atoms with E-state index >= 15 is 0 Å². The number of sulfone groups is 1. The highest BCUT2D eigenvalue weighted by Gasteiger charge is 2.18. The zero-order valence-corrected chi connectivity index (χ0v) is 9.87. The molecule has 0 N–H and O–H groups in total. The van der Waals surface area contributed by atoms with Crippen LogP contribution in [0.2, 0.25) is 0 Å². The van der Waals surface area contributed by atoms with E-state index in [2.05, 4.69) is 0 Å². The molecule has 0 aromatic heterocycles. The van der Waals surface area contributed by atoms with E-state index in [0.29, 0.717) is 0 Å². The summed E-state index contributed by atoms with van der Waals surface area (Å²) >= 11 is 0. The molecule has 0 aliphatic rings. The Morgan fingerprint density at radius 2 is 1.87 bits per heavy atom. The van der Waals surface area contributed by atoms with Gasteiger partial charge in [-0.1, -0.05) is 42.5 Å². The maximum atomic E-state index is 11.8. The molecule has 0 spiro atoms. The molecule has 1 aromatic carbocycles. The van der Waals surface area contributed by atoms with Gasteiger partial charge in [0.05, 0.1) is 11.0 Å². The second-order valence-corrected chi connectivity index (χ2v) is 5.88. The summed E-state index contributed by atoms with van der Waals surface area (Å²) < 4.78 is 23.7. The summed E-state index contributed by atoms with van der Waals surface area (Å²) in [5.74, 6) is 0.110. The van der Waals surface area contributed by atoms with Gasteiger partial charge in [0.1, 0.15) is 0 Å². The minimum absolute atomic E-state index is 0.110. The largest absolute Gasteiger partial charge is 0.228 e. The van der Waals surface area contributed by atoms with Crippen molar-refractivity contribution >= 4 is 9.84 Å². The molecule has 0 amide bonds. The highest BCUT2D eigenvalue weighted by molar-refractivity contribution is 7.91. The minimum atomic E-state index is -3.06. The summed E-state index contributed by atoms with van der Waals surface area (Å²) in [5.41, 5.74) is 0.842. The first-order valence-corrected chi connectivity index (χ1v) is 6.66. The van der Waals surface area contributed by atoms with Crippen molar-refractivity contribution in [2.24, 2.45) is 0 Å². The van der Waals surface area contributed by atoms with Crippen LogP contribution in [0.4, 0.5) is 0 Å². The second kappa shape index (κ2) is 5.12. The summed E-state index contributed by atoms with van der Waals surface area (Å²) in [7, 11) is -3.06. The van der Waals surface area contributed by atoms with Crippen molar-refractivity contribution < 1.29 is 8.42 Å². The first-order chi connectivity index (χ1) is 7.06. The molecule has 1 atom stereocenters. The van der Waals surface area contributed by atoms with Crippen LogP contribution in [-0.4, -0.2) is 13.7 Å². The van der Waals surface area contributed by atoms with E-state index in [4.69, 9.17) is 0 Å². The Hall–Kier alpha value is -1.09. The van der Waals surface area contributed by atoms with Crippen molar-refractivity contribution in [3.05, 3.63) is 48.0 Å². The lowest BCUT2D eigenvalue weighted by molar-refractivity contribution is 0.590. The van der Waals surface area contributed by atoms with Crippen molar-refractivity contribution in [3.63, 3.8) is 0 Å². The monoisotopic (exact) mass is 224 g/mol. The van der Waals surface area contributed by atoms with Gasteiger partial charge in [0.15, 0.2) is 9.84 Å². The first kappa shape index (κ1) is 12.0. The molecule has 15 heavy (non-hydrogen) atoms. The fourth-order valence-electron chi connectivity index (χ4n) is 1.33. The van der Waals surface area contributed by atoms with Gasteiger partial charge >= 0.3 is 0 Å². The van der Waals surface area contributed by atoms with Crippen LogP contribution in [0.3, 0.4) is 0 Å². The smallest absolute Gasteiger partial charge is 0.160 e. The van der Waals surface area contributed by atoms with E-state index in [1.165, 1.54) is 0 Å². The molecule has 0 saturated carbocycles. The number of rotatable bonds is 4. The van der Waals surface area contributed by atoms with Crippen LogP contribution in [0, 0.1) is 0 Å². The molecule has 1 rings (SSSR count). The lowest BCUT2D eigenvalue weighted by Crippen LogP contribution is -2.17. The zero-order valence-electron chi connectivity index (χ0n) is 9.05. The molecular weight excluding hydrogens is 208 g/mol. The van der Waals surface area contributed by atoms with Gasteiger partial charge < -0.3 is 0 Å². The number of hydrogen-bond acceptors (Lipinski definition) is 2. The predicted octanol–water partition coefficient (Wildman–Crippen LogP) is 2.57. The second-order valence-electron chi connectivity index (χ2n) is 3.52. The fraction of sp³-hybridized carbons (Fsp3) is 0.333. The SMILES string of the molecule is C/C=C/C(C)S(=O)(=O)Cc1ccccc1. The maximum Gasteiger partial charge on any atom is 0.160 e. The van der Waals surface area contributed by atoms with E-state index in [0.717, 1.165) is 5.56 Å². The van der Waals surface area contributed by atoms with Crippen LogP contribution >= 0.6 is 0 Å². The molecule has 0 radical (unpaired) electrons. The highest BCUT2D eigenvalue weighted by atomic mass is 32.2. The average molecular weight is 224 g/mol. The highest BCUT2D eigenvalue weighted by Crippen LogP contribution is 2.11. The normalized spacial score (nSPS) is 14.3. The third-order valence-corrected chi connectivity index (χ3v) is 4.27. The van der Waals surface area contributed by atoms with Crippen LogP contribution in [0.5, 0.6) is 0 Å². The molecule has 0 fully saturated rings. The van der Waals surface area contributed by atoms with Crippen molar-refractivity contribution in [2.75, 3.05) is 0 Å². The summed E-state index contributed by atoms with van der Waals surface area (Å²) in [5, 5.41) is -0.414. The molecule has 0 saturated heterocycles. The third-order valence-electron chi connectivity index (χ3n) is 2.24. The molecular formula is C12H16O2S. The Kier molecular flexibility index (Phi) is 4.09. The van der Waals surface area contributed by atoms with Gasteiger partial charge in [-0.25, -0.2) is 8.42 Å². The number of allylic oxidation sites excluding steroid dienone is 1. The van der Waals surface area contributed by atoms with E-state index in [-0.39, 0.29) is 5.75 Å². The van der Waals surface area contributed by atoms with Gasteiger partial charge in [-0.2, -0.15) is 0 Å². The van der Waals surface area contributed by atoms with Crippen LogP contribution in [0.1, 0.15) is 19.4 Å². The van der Waals surface area contributed by atoms with Gasteiger partial charge in [-0.3, -0.25) is 0 Å². The van der Waals surface area contributed by atoms with Crippen molar-refractivity contribution in [1.82, 2.24) is 0 Å². The molecule has 0 aliphatic heterocycles. The lowest BCUT2D eigenvalue weighted by atomic mass is 10.2.